The highest BCUT2D eigenvalue weighted by molar-refractivity contribution is 6.64. The van der Waals surface area contributed by atoms with Crippen molar-refractivity contribution in [3.05, 3.63) is 35.9 Å². The van der Waals surface area contributed by atoms with Crippen LogP contribution in [0.4, 0.5) is 0 Å². The molecule has 0 aliphatic heterocycles. The first kappa shape index (κ1) is 13.7. The maximum absolute atomic E-state index is 11.7. The molecule has 92 valence electrons. The highest BCUT2D eigenvalue weighted by atomic mass is 35.5. The monoisotopic (exact) mass is 254 g/mol. The number of rotatable bonds is 3. The van der Waals surface area contributed by atoms with Crippen LogP contribution in [0.15, 0.2) is 30.3 Å². The van der Waals surface area contributed by atoms with Crippen molar-refractivity contribution in [2.75, 3.05) is 0 Å². The minimum Gasteiger partial charge on any atom is -0.448 e. The summed E-state index contributed by atoms with van der Waals surface area (Å²) < 4.78 is 5.14. The van der Waals surface area contributed by atoms with E-state index in [4.69, 9.17) is 16.3 Å². The Bertz CT molecular complexity index is 406. The first-order valence-electron chi connectivity index (χ1n) is 5.28. The number of benzene rings is 1. The van der Waals surface area contributed by atoms with Crippen LogP contribution in [0.1, 0.15) is 32.4 Å². The molecular weight excluding hydrogens is 240 g/mol. The number of carbonyl (C=O) groups is 2. The summed E-state index contributed by atoms with van der Waals surface area (Å²) in [7, 11) is 0. The van der Waals surface area contributed by atoms with Gasteiger partial charge in [0.15, 0.2) is 0 Å². The molecule has 0 heterocycles. The van der Waals surface area contributed by atoms with Crippen LogP contribution in [0, 0.1) is 5.41 Å². The van der Waals surface area contributed by atoms with Crippen molar-refractivity contribution in [3.8, 4) is 0 Å². The fourth-order valence-electron chi connectivity index (χ4n) is 1.16. The SMILES string of the molecule is CC(C)(C)C(=O)OC(C(=O)Cl)c1ccccc1. The van der Waals surface area contributed by atoms with E-state index >= 15 is 0 Å². The Balaban J connectivity index is 2.90. The van der Waals surface area contributed by atoms with Crippen LogP contribution in [0.5, 0.6) is 0 Å². The van der Waals surface area contributed by atoms with Crippen molar-refractivity contribution in [2.24, 2.45) is 5.41 Å². The largest absolute Gasteiger partial charge is 0.448 e. The van der Waals surface area contributed by atoms with E-state index in [0.29, 0.717) is 5.56 Å². The third kappa shape index (κ3) is 3.86. The van der Waals surface area contributed by atoms with Crippen LogP contribution in [-0.4, -0.2) is 11.2 Å². The second-order valence-corrected chi connectivity index (χ2v) is 5.12. The molecule has 0 fully saturated rings. The lowest BCUT2D eigenvalue weighted by molar-refractivity contribution is -0.161. The number of ether oxygens (including phenoxy) is 1. The average molecular weight is 255 g/mol. The van der Waals surface area contributed by atoms with Crippen molar-refractivity contribution in [3.63, 3.8) is 0 Å². The zero-order chi connectivity index (χ0) is 13.1. The van der Waals surface area contributed by atoms with Gasteiger partial charge in [0.25, 0.3) is 5.24 Å². The highest BCUT2D eigenvalue weighted by Gasteiger charge is 2.29. The Morgan fingerprint density at radius 2 is 1.71 bits per heavy atom. The third-order valence-electron chi connectivity index (χ3n) is 2.15. The molecule has 1 aromatic carbocycles. The molecule has 0 saturated heterocycles. The van der Waals surface area contributed by atoms with Gasteiger partial charge in [-0.15, -0.1) is 0 Å². The number of hydrogen-bond acceptors (Lipinski definition) is 3. The topological polar surface area (TPSA) is 43.4 Å². The van der Waals surface area contributed by atoms with Crippen LogP contribution in [0.3, 0.4) is 0 Å². The predicted molar refractivity (Wildman–Crippen MR) is 65.6 cm³/mol. The van der Waals surface area contributed by atoms with Gasteiger partial charge in [-0.3, -0.25) is 9.59 Å². The Labute approximate surface area is 106 Å². The standard InChI is InChI=1S/C13H15ClO3/c1-13(2,3)12(16)17-10(11(14)15)9-7-5-4-6-8-9/h4-8,10H,1-3H3. The average Bonchev–Trinajstić information content (AvgIpc) is 2.25. The minimum absolute atomic E-state index is 0.458. The molecule has 3 nitrogen and oxygen atoms in total. The zero-order valence-corrected chi connectivity index (χ0v) is 10.8. The predicted octanol–water partition coefficient (Wildman–Crippen LogP) is 3.08. The molecule has 1 unspecified atom stereocenters. The van der Waals surface area contributed by atoms with E-state index in [-0.39, 0.29) is 0 Å². The van der Waals surface area contributed by atoms with Crippen molar-refractivity contribution in [2.45, 2.75) is 26.9 Å². The fraction of sp³-hybridized carbons (Fsp3) is 0.385. The molecule has 0 aliphatic rings. The van der Waals surface area contributed by atoms with Gasteiger partial charge in [-0.2, -0.15) is 0 Å². The summed E-state index contributed by atoms with van der Waals surface area (Å²) in [5.74, 6) is -0.458. The molecule has 4 heteroatoms. The lowest BCUT2D eigenvalue weighted by Gasteiger charge is -2.21. The maximum atomic E-state index is 11.7. The molecule has 0 bridgehead atoms. The van der Waals surface area contributed by atoms with E-state index in [2.05, 4.69) is 0 Å². The van der Waals surface area contributed by atoms with Crippen LogP contribution in [-0.2, 0) is 14.3 Å². The minimum atomic E-state index is -1.04. The second-order valence-electron chi connectivity index (χ2n) is 4.75. The molecule has 0 aliphatic carbocycles. The van der Waals surface area contributed by atoms with E-state index in [9.17, 15) is 9.59 Å². The first-order valence-corrected chi connectivity index (χ1v) is 5.65. The third-order valence-corrected chi connectivity index (χ3v) is 2.34. The Kier molecular flexibility index (Phi) is 4.29. The normalized spacial score (nSPS) is 12.9. The maximum Gasteiger partial charge on any atom is 0.312 e. The first-order chi connectivity index (χ1) is 7.82. The van der Waals surface area contributed by atoms with Gasteiger partial charge >= 0.3 is 5.97 Å². The number of hydrogen-bond donors (Lipinski definition) is 0. The van der Waals surface area contributed by atoms with E-state index in [0.717, 1.165) is 0 Å². The van der Waals surface area contributed by atoms with Gasteiger partial charge in [0.2, 0.25) is 6.10 Å². The molecule has 0 spiro atoms. The second kappa shape index (κ2) is 5.32. The van der Waals surface area contributed by atoms with E-state index in [1.165, 1.54) is 0 Å². The molecular formula is C13H15ClO3. The molecule has 0 radical (unpaired) electrons. The molecule has 1 rings (SSSR count). The molecule has 0 amide bonds. The summed E-state index contributed by atoms with van der Waals surface area (Å²) >= 11 is 5.46. The Hall–Kier alpha value is -1.35. The molecule has 1 atom stereocenters. The van der Waals surface area contributed by atoms with Crippen LogP contribution in [0.25, 0.3) is 0 Å². The van der Waals surface area contributed by atoms with Crippen LogP contribution in [0.2, 0.25) is 0 Å². The summed E-state index contributed by atoms with van der Waals surface area (Å²) in [6.07, 6.45) is -1.04. The van der Waals surface area contributed by atoms with Gasteiger partial charge in [-0.1, -0.05) is 30.3 Å². The van der Waals surface area contributed by atoms with Crippen molar-refractivity contribution in [1.29, 1.82) is 0 Å². The van der Waals surface area contributed by atoms with E-state index < -0.39 is 22.7 Å². The van der Waals surface area contributed by atoms with Gasteiger partial charge < -0.3 is 4.74 Å². The quantitative estimate of drug-likeness (QED) is 0.615. The summed E-state index contributed by atoms with van der Waals surface area (Å²) in [6, 6.07) is 8.72. The van der Waals surface area contributed by atoms with Crippen LogP contribution >= 0.6 is 11.6 Å². The van der Waals surface area contributed by atoms with E-state index in [1.807, 2.05) is 6.07 Å². The molecule has 0 aromatic heterocycles. The number of esters is 1. The number of halogens is 1. The molecule has 1 aromatic rings. The van der Waals surface area contributed by atoms with Gasteiger partial charge in [0, 0.05) is 5.56 Å². The summed E-state index contributed by atoms with van der Waals surface area (Å²) in [5.41, 5.74) is -0.0931. The lowest BCUT2D eigenvalue weighted by atomic mass is 9.97. The van der Waals surface area contributed by atoms with Gasteiger partial charge in [-0.25, -0.2) is 0 Å². The van der Waals surface area contributed by atoms with Crippen molar-refractivity contribution in [1.82, 2.24) is 0 Å². The highest BCUT2D eigenvalue weighted by Crippen LogP contribution is 2.25. The van der Waals surface area contributed by atoms with E-state index in [1.54, 1.807) is 45.0 Å². The van der Waals surface area contributed by atoms with Gasteiger partial charge in [0.05, 0.1) is 5.41 Å². The summed E-state index contributed by atoms with van der Waals surface area (Å²) in [6.45, 7) is 5.16. The Morgan fingerprint density at radius 3 is 2.12 bits per heavy atom. The molecule has 0 saturated carbocycles. The van der Waals surface area contributed by atoms with Gasteiger partial charge in [-0.05, 0) is 32.4 Å². The smallest absolute Gasteiger partial charge is 0.312 e. The van der Waals surface area contributed by atoms with Gasteiger partial charge in [0.1, 0.15) is 0 Å². The van der Waals surface area contributed by atoms with Crippen molar-refractivity contribution < 1.29 is 14.3 Å². The Morgan fingerprint density at radius 1 is 1.18 bits per heavy atom. The molecule has 17 heavy (non-hydrogen) atoms. The lowest BCUT2D eigenvalue weighted by Crippen LogP contribution is -2.26. The zero-order valence-electron chi connectivity index (χ0n) is 10.1. The van der Waals surface area contributed by atoms with Crippen LogP contribution < -0.4 is 0 Å². The number of carbonyl (C=O) groups excluding carboxylic acids is 2. The molecule has 0 N–H and O–H groups in total. The fourth-order valence-corrected chi connectivity index (χ4v) is 1.33. The van der Waals surface area contributed by atoms with Crippen molar-refractivity contribution >= 4 is 22.8 Å². The summed E-state index contributed by atoms with van der Waals surface area (Å²) in [4.78, 5) is 23.0. The summed E-state index contributed by atoms with van der Waals surface area (Å²) in [5, 5.41) is -0.700.